The Labute approximate surface area is 153 Å². The molecule has 0 radical (unpaired) electrons. The topological polar surface area (TPSA) is 83.8 Å². The van der Waals surface area contributed by atoms with Crippen molar-refractivity contribution in [1.82, 2.24) is 10.2 Å². The highest BCUT2D eigenvalue weighted by atomic mass is 16.5. The third-order valence-electron chi connectivity index (χ3n) is 3.41. The molecule has 0 aliphatic heterocycles. The van der Waals surface area contributed by atoms with Crippen molar-refractivity contribution in [3.05, 3.63) is 47.9 Å². The van der Waals surface area contributed by atoms with Crippen LogP contribution >= 0.6 is 0 Å². The number of nitrogens with one attached hydrogen (secondary N) is 2. The Morgan fingerprint density at radius 2 is 1.88 bits per heavy atom. The number of urea groups is 1. The monoisotopic (exact) mass is 359 g/mol. The highest BCUT2D eigenvalue weighted by molar-refractivity contribution is 5.91. The number of benzene rings is 1. The first-order valence-corrected chi connectivity index (χ1v) is 8.44. The number of carbonyl (C=O) groups excluding carboxylic acids is 2. The zero-order valence-corrected chi connectivity index (χ0v) is 15.5. The first-order valence-electron chi connectivity index (χ1n) is 8.44. The molecule has 2 N–H and O–H groups in total. The Kier molecular flexibility index (Phi) is 6.66. The molecule has 26 heavy (non-hydrogen) atoms. The molecule has 7 nitrogen and oxygen atoms in total. The number of furan rings is 1. The second-order valence-corrected chi connectivity index (χ2v) is 6.47. The molecule has 3 amide bonds. The van der Waals surface area contributed by atoms with Gasteiger partial charge in [-0.05, 0) is 30.2 Å². The van der Waals surface area contributed by atoms with Crippen molar-refractivity contribution in [3.63, 3.8) is 0 Å². The first-order chi connectivity index (χ1) is 12.4. The summed E-state index contributed by atoms with van der Waals surface area (Å²) in [7, 11) is 3.30. The maximum atomic E-state index is 12.1. The van der Waals surface area contributed by atoms with E-state index in [1.165, 1.54) is 4.90 Å². The summed E-state index contributed by atoms with van der Waals surface area (Å²) in [6.45, 7) is 4.85. The normalized spacial score (nSPS) is 10.5. The largest absolute Gasteiger partial charge is 0.491 e. The molecule has 0 aliphatic rings. The van der Waals surface area contributed by atoms with Crippen molar-refractivity contribution in [2.24, 2.45) is 5.92 Å². The molecule has 0 unspecified atom stereocenters. The van der Waals surface area contributed by atoms with E-state index in [9.17, 15) is 9.59 Å². The van der Waals surface area contributed by atoms with Crippen LogP contribution in [0.3, 0.4) is 0 Å². The predicted molar refractivity (Wildman–Crippen MR) is 99.4 cm³/mol. The van der Waals surface area contributed by atoms with Crippen LogP contribution in [0, 0.1) is 5.92 Å². The van der Waals surface area contributed by atoms with E-state index in [2.05, 4.69) is 24.5 Å². The van der Waals surface area contributed by atoms with Gasteiger partial charge in [0.05, 0.1) is 18.8 Å². The summed E-state index contributed by atoms with van der Waals surface area (Å²) in [5.74, 6) is 1.51. The minimum Gasteiger partial charge on any atom is -0.491 e. The van der Waals surface area contributed by atoms with E-state index in [1.54, 1.807) is 32.3 Å². The lowest BCUT2D eigenvalue weighted by Gasteiger charge is -2.14. The zero-order chi connectivity index (χ0) is 19.1. The molecule has 2 rings (SSSR count). The summed E-state index contributed by atoms with van der Waals surface area (Å²) in [5.41, 5.74) is 0.591. The molecular weight excluding hydrogens is 334 g/mol. The van der Waals surface area contributed by atoms with Crippen LogP contribution in [0.4, 0.5) is 10.5 Å². The van der Waals surface area contributed by atoms with Gasteiger partial charge in [0, 0.05) is 14.1 Å². The lowest BCUT2D eigenvalue weighted by atomic mass is 10.2. The van der Waals surface area contributed by atoms with E-state index in [0.717, 1.165) is 0 Å². The van der Waals surface area contributed by atoms with Gasteiger partial charge in [0.2, 0.25) is 0 Å². The van der Waals surface area contributed by atoms with Crippen LogP contribution in [0.25, 0.3) is 0 Å². The quantitative estimate of drug-likeness (QED) is 0.794. The summed E-state index contributed by atoms with van der Waals surface area (Å²) >= 11 is 0. The van der Waals surface area contributed by atoms with Gasteiger partial charge in [-0.25, -0.2) is 4.79 Å². The second-order valence-electron chi connectivity index (χ2n) is 6.47. The van der Waals surface area contributed by atoms with E-state index < -0.39 is 0 Å². The third kappa shape index (κ3) is 5.54. The van der Waals surface area contributed by atoms with Crippen molar-refractivity contribution in [3.8, 4) is 5.75 Å². The Balaban J connectivity index is 1.91. The van der Waals surface area contributed by atoms with E-state index in [1.807, 2.05) is 18.2 Å². The summed E-state index contributed by atoms with van der Waals surface area (Å²) in [6.07, 6.45) is 0. The summed E-state index contributed by atoms with van der Waals surface area (Å²) in [6, 6.07) is 10.1. The molecule has 0 bridgehead atoms. The lowest BCUT2D eigenvalue weighted by molar-refractivity contribution is 0.0794. The third-order valence-corrected chi connectivity index (χ3v) is 3.41. The van der Waals surface area contributed by atoms with Crippen LogP contribution in [0.5, 0.6) is 5.75 Å². The smallest absolute Gasteiger partial charge is 0.319 e. The number of hydrogen-bond donors (Lipinski definition) is 2. The van der Waals surface area contributed by atoms with Crippen LogP contribution in [-0.4, -0.2) is 37.5 Å². The lowest BCUT2D eigenvalue weighted by Crippen LogP contribution is -2.28. The predicted octanol–water partition coefficient (Wildman–Crippen LogP) is 3.34. The van der Waals surface area contributed by atoms with Gasteiger partial charge in [-0.15, -0.1) is 0 Å². The SMILES string of the molecule is CC(C)COc1ccccc1NC(=O)NCc1ccc(C(=O)N(C)C)o1. The number of anilines is 1. The van der Waals surface area contributed by atoms with Crippen molar-refractivity contribution in [2.45, 2.75) is 20.4 Å². The summed E-state index contributed by atoms with van der Waals surface area (Å²) in [4.78, 5) is 25.4. The number of para-hydroxylation sites is 2. The zero-order valence-electron chi connectivity index (χ0n) is 15.5. The minimum absolute atomic E-state index is 0.168. The van der Waals surface area contributed by atoms with Crippen LogP contribution in [-0.2, 0) is 6.54 Å². The van der Waals surface area contributed by atoms with Crippen molar-refractivity contribution >= 4 is 17.6 Å². The number of hydrogen-bond acceptors (Lipinski definition) is 4. The van der Waals surface area contributed by atoms with Gasteiger partial charge in [-0.1, -0.05) is 26.0 Å². The molecule has 0 fully saturated rings. The van der Waals surface area contributed by atoms with Gasteiger partial charge in [-0.2, -0.15) is 0 Å². The molecular formula is C19H25N3O4. The number of carbonyl (C=O) groups is 2. The summed E-state index contributed by atoms with van der Waals surface area (Å²) < 4.78 is 11.1. The molecule has 0 aliphatic carbocycles. The van der Waals surface area contributed by atoms with Gasteiger partial charge in [0.25, 0.3) is 5.91 Å². The Morgan fingerprint density at radius 3 is 2.58 bits per heavy atom. The highest BCUT2D eigenvalue weighted by Gasteiger charge is 2.14. The van der Waals surface area contributed by atoms with Gasteiger partial charge >= 0.3 is 6.03 Å². The number of ether oxygens (including phenoxy) is 1. The molecule has 140 valence electrons. The van der Waals surface area contributed by atoms with Crippen LogP contribution in [0.2, 0.25) is 0 Å². The van der Waals surface area contributed by atoms with E-state index in [0.29, 0.717) is 29.7 Å². The van der Waals surface area contributed by atoms with E-state index in [4.69, 9.17) is 9.15 Å². The maximum Gasteiger partial charge on any atom is 0.319 e. The average molecular weight is 359 g/mol. The number of amides is 3. The molecule has 0 saturated carbocycles. The van der Waals surface area contributed by atoms with Gasteiger partial charge in [0.1, 0.15) is 11.5 Å². The molecule has 1 aromatic carbocycles. The molecule has 2 aromatic rings. The molecule has 1 aromatic heterocycles. The molecule has 0 saturated heterocycles. The molecule has 0 spiro atoms. The van der Waals surface area contributed by atoms with Crippen LogP contribution in [0.1, 0.15) is 30.2 Å². The fourth-order valence-corrected chi connectivity index (χ4v) is 2.09. The van der Waals surface area contributed by atoms with Crippen LogP contribution < -0.4 is 15.4 Å². The second kappa shape index (κ2) is 8.94. The fraction of sp³-hybridized carbons (Fsp3) is 0.368. The van der Waals surface area contributed by atoms with Crippen LogP contribution in [0.15, 0.2) is 40.8 Å². The van der Waals surface area contributed by atoms with Gasteiger partial charge in [-0.3, -0.25) is 4.79 Å². The fourth-order valence-electron chi connectivity index (χ4n) is 2.09. The number of nitrogens with zero attached hydrogens (tertiary/aromatic N) is 1. The first kappa shape index (κ1) is 19.4. The van der Waals surface area contributed by atoms with Crippen molar-refractivity contribution < 1.29 is 18.7 Å². The van der Waals surface area contributed by atoms with Gasteiger partial charge in [0.15, 0.2) is 5.76 Å². The number of rotatable bonds is 7. The standard InChI is InChI=1S/C19H25N3O4/c1-13(2)12-25-16-8-6-5-7-15(16)21-19(24)20-11-14-9-10-17(26-14)18(23)22(3)4/h5-10,13H,11-12H2,1-4H3,(H2,20,21,24). The highest BCUT2D eigenvalue weighted by Crippen LogP contribution is 2.24. The molecule has 1 heterocycles. The Morgan fingerprint density at radius 1 is 1.15 bits per heavy atom. The average Bonchev–Trinajstić information content (AvgIpc) is 3.07. The maximum absolute atomic E-state index is 12.1. The Hall–Kier alpha value is -2.96. The molecule has 0 atom stereocenters. The summed E-state index contributed by atoms with van der Waals surface area (Å²) in [5, 5.41) is 5.46. The molecule has 7 heteroatoms. The van der Waals surface area contributed by atoms with E-state index in [-0.39, 0.29) is 24.2 Å². The van der Waals surface area contributed by atoms with Crippen molar-refractivity contribution in [2.75, 3.05) is 26.0 Å². The minimum atomic E-state index is -0.387. The van der Waals surface area contributed by atoms with Gasteiger partial charge < -0.3 is 24.7 Å². The van der Waals surface area contributed by atoms with E-state index >= 15 is 0 Å². The Bertz CT molecular complexity index is 753. The van der Waals surface area contributed by atoms with Crippen molar-refractivity contribution in [1.29, 1.82) is 0 Å².